The quantitative estimate of drug-likeness (QED) is 0.847. The van der Waals surface area contributed by atoms with E-state index in [0.29, 0.717) is 11.4 Å². The van der Waals surface area contributed by atoms with E-state index in [0.717, 1.165) is 21.4 Å². The SMILES string of the molecule is Cc1nn(C)c(CC(CO)(CO)c2cccc(Cl)c2)c1Br. The maximum absolute atomic E-state index is 9.92. The van der Waals surface area contributed by atoms with Gasteiger partial charge < -0.3 is 10.2 Å². The Morgan fingerprint density at radius 3 is 2.48 bits per heavy atom. The average molecular weight is 374 g/mol. The molecule has 0 saturated carbocycles. The van der Waals surface area contributed by atoms with Crippen molar-refractivity contribution >= 4 is 27.5 Å². The summed E-state index contributed by atoms with van der Waals surface area (Å²) in [5, 5.41) is 24.8. The highest BCUT2D eigenvalue weighted by atomic mass is 79.9. The van der Waals surface area contributed by atoms with Crippen molar-refractivity contribution in [2.24, 2.45) is 7.05 Å². The third kappa shape index (κ3) is 3.16. The zero-order valence-electron chi connectivity index (χ0n) is 12.0. The second-order valence-corrected chi connectivity index (χ2v) is 6.48. The van der Waals surface area contributed by atoms with Gasteiger partial charge in [0.15, 0.2) is 0 Å². The Morgan fingerprint density at radius 1 is 1.33 bits per heavy atom. The molecule has 0 aliphatic rings. The van der Waals surface area contributed by atoms with Crippen LogP contribution < -0.4 is 0 Å². The van der Waals surface area contributed by atoms with E-state index in [1.54, 1.807) is 16.8 Å². The van der Waals surface area contributed by atoms with Gasteiger partial charge in [0.25, 0.3) is 0 Å². The highest BCUT2D eigenvalue weighted by Crippen LogP contribution is 2.33. The normalized spacial score (nSPS) is 11.9. The predicted molar refractivity (Wildman–Crippen MR) is 86.7 cm³/mol. The van der Waals surface area contributed by atoms with E-state index >= 15 is 0 Å². The van der Waals surface area contributed by atoms with Gasteiger partial charge in [-0.2, -0.15) is 5.10 Å². The smallest absolute Gasteiger partial charge is 0.0738 e. The Morgan fingerprint density at radius 2 is 2.00 bits per heavy atom. The zero-order chi connectivity index (χ0) is 15.6. The van der Waals surface area contributed by atoms with Gasteiger partial charge in [0, 0.05) is 23.9 Å². The Hall–Kier alpha value is -0.880. The molecular formula is C15H18BrClN2O2. The van der Waals surface area contributed by atoms with Crippen LogP contribution in [-0.4, -0.2) is 33.2 Å². The van der Waals surface area contributed by atoms with Crippen LogP contribution in [0.25, 0.3) is 0 Å². The van der Waals surface area contributed by atoms with Crippen molar-refractivity contribution in [3.63, 3.8) is 0 Å². The number of halogens is 2. The van der Waals surface area contributed by atoms with E-state index in [9.17, 15) is 10.2 Å². The molecule has 0 atom stereocenters. The van der Waals surface area contributed by atoms with Crippen molar-refractivity contribution in [3.8, 4) is 0 Å². The van der Waals surface area contributed by atoms with Gasteiger partial charge in [-0.3, -0.25) is 4.68 Å². The summed E-state index contributed by atoms with van der Waals surface area (Å²) in [7, 11) is 1.85. The van der Waals surface area contributed by atoms with Crippen LogP contribution in [0, 0.1) is 6.92 Å². The molecule has 21 heavy (non-hydrogen) atoms. The molecule has 114 valence electrons. The van der Waals surface area contributed by atoms with Crippen LogP contribution >= 0.6 is 27.5 Å². The zero-order valence-corrected chi connectivity index (χ0v) is 14.3. The second kappa shape index (κ2) is 6.48. The molecule has 2 aromatic rings. The number of aryl methyl sites for hydroxylation is 2. The number of rotatable bonds is 5. The lowest BCUT2D eigenvalue weighted by Gasteiger charge is -2.30. The fraction of sp³-hybridized carbons (Fsp3) is 0.400. The standard InChI is InChI=1S/C15H18BrClN2O2/c1-10-14(16)13(19(2)18-10)7-15(8-20,9-21)11-4-3-5-12(17)6-11/h3-6,20-21H,7-9H2,1-2H3. The van der Waals surface area contributed by atoms with Gasteiger partial charge in [0.1, 0.15) is 0 Å². The molecule has 2 rings (SSSR count). The van der Waals surface area contributed by atoms with E-state index in [4.69, 9.17) is 11.6 Å². The van der Waals surface area contributed by atoms with Gasteiger partial charge in [-0.1, -0.05) is 23.7 Å². The number of aliphatic hydroxyl groups excluding tert-OH is 2. The van der Waals surface area contributed by atoms with Crippen LogP contribution in [0.1, 0.15) is 17.0 Å². The summed E-state index contributed by atoms with van der Waals surface area (Å²) >= 11 is 9.57. The highest BCUT2D eigenvalue weighted by Gasteiger charge is 2.34. The predicted octanol–water partition coefficient (Wildman–Crippen LogP) is 2.61. The van der Waals surface area contributed by atoms with Crippen molar-refractivity contribution < 1.29 is 10.2 Å². The van der Waals surface area contributed by atoms with E-state index in [1.807, 2.05) is 26.1 Å². The summed E-state index contributed by atoms with van der Waals surface area (Å²) in [6, 6.07) is 7.25. The Kier molecular flexibility index (Phi) is 5.09. The van der Waals surface area contributed by atoms with Gasteiger partial charge in [-0.05, 0) is 40.5 Å². The molecule has 4 nitrogen and oxygen atoms in total. The first kappa shape index (κ1) is 16.5. The molecular weight excluding hydrogens is 356 g/mol. The summed E-state index contributed by atoms with van der Waals surface area (Å²) in [6.07, 6.45) is 0.457. The van der Waals surface area contributed by atoms with Gasteiger partial charge >= 0.3 is 0 Å². The molecule has 0 aliphatic carbocycles. The van der Waals surface area contributed by atoms with E-state index in [2.05, 4.69) is 21.0 Å². The Balaban J connectivity index is 2.48. The largest absolute Gasteiger partial charge is 0.395 e. The average Bonchev–Trinajstić information content (AvgIpc) is 2.70. The van der Waals surface area contributed by atoms with Gasteiger partial charge in [-0.15, -0.1) is 0 Å². The van der Waals surface area contributed by atoms with Crippen molar-refractivity contribution in [2.75, 3.05) is 13.2 Å². The molecule has 0 bridgehead atoms. The fourth-order valence-electron chi connectivity index (χ4n) is 2.46. The van der Waals surface area contributed by atoms with Crippen molar-refractivity contribution in [3.05, 3.63) is 50.7 Å². The summed E-state index contributed by atoms with van der Waals surface area (Å²) in [5.41, 5.74) is 1.82. The summed E-state index contributed by atoms with van der Waals surface area (Å²) in [6.45, 7) is 1.55. The molecule has 2 N–H and O–H groups in total. The summed E-state index contributed by atoms with van der Waals surface area (Å²) in [4.78, 5) is 0. The minimum atomic E-state index is -0.798. The molecule has 1 heterocycles. The van der Waals surface area contributed by atoms with Crippen molar-refractivity contribution in [2.45, 2.75) is 18.8 Å². The molecule has 1 aromatic carbocycles. The van der Waals surface area contributed by atoms with Crippen LogP contribution in [0.2, 0.25) is 5.02 Å². The monoisotopic (exact) mass is 372 g/mol. The Bertz CT molecular complexity index is 639. The third-order valence-electron chi connectivity index (χ3n) is 3.81. The maximum atomic E-state index is 9.92. The highest BCUT2D eigenvalue weighted by molar-refractivity contribution is 9.10. The minimum Gasteiger partial charge on any atom is -0.395 e. The lowest BCUT2D eigenvalue weighted by molar-refractivity contribution is 0.114. The van der Waals surface area contributed by atoms with Gasteiger partial charge in [-0.25, -0.2) is 0 Å². The topological polar surface area (TPSA) is 58.3 Å². The van der Waals surface area contributed by atoms with Gasteiger partial charge in [0.05, 0.1) is 29.1 Å². The molecule has 0 spiro atoms. The fourth-order valence-corrected chi connectivity index (χ4v) is 3.12. The van der Waals surface area contributed by atoms with Crippen LogP contribution in [-0.2, 0) is 18.9 Å². The Labute approximate surface area is 137 Å². The number of hydrogen-bond donors (Lipinski definition) is 2. The molecule has 6 heteroatoms. The van der Waals surface area contributed by atoms with Crippen LogP contribution in [0.15, 0.2) is 28.7 Å². The maximum Gasteiger partial charge on any atom is 0.0738 e. The number of hydrogen-bond acceptors (Lipinski definition) is 3. The van der Waals surface area contributed by atoms with Crippen molar-refractivity contribution in [1.82, 2.24) is 9.78 Å². The summed E-state index contributed by atoms with van der Waals surface area (Å²) < 4.78 is 2.67. The molecule has 1 aromatic heterocycles. The van der Waals surface area contributed by atoms with E-state index in [1.165, 1.54) is 0 Å². The molecule has 0 aliphatic heterocycles. The van der Waals surface area contributed by atoms with Crippen LogP contribution in [0.3, 0.4) is 0 Å². The molecule has 0 fully saturated rings. The lowest BCUT2D eigenvalue weighted by atomic mass is 9.78. The minimum absolute atomic E-state index is 0.180. The first-order valence-electron chi connectivity index (χ1n) is 6.59. The first-order chi connectivity index (χ1) is 9.93. The van der Waals surface area contributed by atoms with Gasteiger partial charge in [0.2, 0.25) is 0 Å². The van der Waals surface area contributed by atoms with E-state index < -0.39 is 5.41 Å². The number of aliphatic hydroxyl groups is 2. The molecule has 0 radical (unpaired) electrons. The van der Waals surface area contributed by atoms with Crippen LogP contribution in [0.5, 0.6) is 0 Å². The first-order valence-corrected chi connectivity index (χ1v) is 7.76. The van der Waals surface area contributed by atoms with Crippen LogP contribution in [0.4, 0.5) is 0 Å². The molecule has 0 amide bonds. The number of benzene rings is 1. The third-order valence-corrected chi connectivity index (χ3v) is 5.08. The number of nitrogens with zero attached hydrogens (tertiary/aromatic N) is 2. The molecule has 0 saturated heterocycles. The second-order valence-electron chi connectivity index (χ2n) is 5.25. The summed E-state index contributed by atoms with van der Waals surface area (Å²) in [5.74, 6) is 0. The lowest BCUT2D eigenvalue weighted by Crippen LogP contribution is -2.38. The number of aromatic nitrogens is 2. The van der Waals surface area contributed by atoms with Crippen molar-refractivity contribution in [1.29, 1.82) is 0 Å². The van der Waals surface area contributed by atoms with E-state index in [-0.39, 0.29) is 13.2 Å². The molecule has 0 unspecified atom stereocenters.